The molecule has 2 heteroatoms. The van der Waals surface area contributed by atoms with Gasteiger partial charge in [-0.25, -0.2) is 0 Å². The summed E-state index contributed by atoms with van der Waals surface area (Å²) >= 11 is 0. The SMILES string of the molecule is C=C(F)OCCCCCCCC. The molecule has 0 N–H and O–H groups in total. The summed E-state index contributed by atoms with van der Waals surface area (Å²) in [5, 5.41) is 0. The van der Waals surface area contributed by atoms with Crippen LogP contribution >= 0.6 is 0 Å². The van der Waals surface area contributed by atoms with E-state index >= 15 is 0 Å². The minimum Gasteiger partial charge on any atom is -0.471 e. The molecule has 0 atom stereocenters. The van der Waals surface area contributed by atoms with Crippen LogP contribution in [0.1, 0.15) is 45.4 Å². The summed E-state index contributed by atoms with van der Waals surface area (Å²) in [6, 6.07) is -0.663. The average molecular weight is 174 g/mol. The Bertz CT molecular complexity index is 112. The molecule has 0 aliphatic carbocycles. The van der Waals surface area contributed by atoms with E-state index in [1.807, 2.05) is 0 Å². The van der Waals surface area contributed by atoms with E-state index in [0.717, 1.165) is 12.8 Å². The first-order chi connectivity index (χ1) is 5.77. The van der Waals surface area contributed by atoms with Crippen molar-refractivity contribution in [3.05, 3.63) is 12.6 Å². The van der Waals surface area contributed by atoms with Crippen LogP contribution in [0.15, 0.2) is 12.6 Å². The zero-order chi connectivity index (χ0) is 9.23. The Kier molecular flexibility index (Phi) is 8.19. The van der Waals surface area contributed by atoms with E-state index in [1.165, 1.54) is 25.7 Å². The van der Waals surface area contributed by atoms with Crippen molar-refractivity contribution in [3.63, 3.8) is 0 Å². The molecule has 0 unspecified atom stereocenters. The predicted molar refractivity (Wildman–Crippen MR) is 49.6 cm³/mol. The molecule has 0 amide bonds. The monoisotopic (exact) mass is 174 g/mol. The molecule has 0 saturated carbocycles. The molecular weight excluding hydrogens is 155 g/mol. The number of ether oxygens (including phenoxy) is 1. The first-order valence-corrected chi connectivity index (χ1v) is 4.74. The standard InChI is InChI=1S/C10H19FO/c1-3-4-5-6-7-8-9-12-10(2)11/h2-9H2,1H3. The molecule has 0 rings (SSSR count). The van der Waals surface area contributed by atoms with Gasteiger partial charge in [-0.1, -0.05) is 39.0 Å². The predicted octanol–water partition coefficient (Wildman–Crippen LogP) is 3.80. The van der Waals surface area contributed by atoms with Crippen molar-refractivity contribution >= 4 is 0 Å². The summed E-state index contributed by atoms with van der Waals surface area (Å²) in [5.74, 6) is 0. The smallest absolute Gasteiger partial charge is 0.265 e. The number of rotatable bonds is 8. The van der Waals surface area contributed by atoms with Crippen molar-refractivity contribution < 1.29 is 9.13 Å². The lowest BCUT2D eigenvalue weighted by atomic mass is 10.1. The molecule has 0 aromatic heterocycles. The van der Waals surface area contributed by atoms with E-state index in [0.29, 0.717) is 6.61 Å². The van der Waals surface area contributed by atoms with E-state index < -0.39 is 6.01 Å². The molecular formula is C10H19FO. The summed E-state index contributed by atoms with van der Waals surface area (Å²) < 4.78 is 16.5. The van der Waals surface area contributed by atoms with Gasteiger partial charge in [0, 0.05) is 0 Å². The Labute approximate surface area is 74.6 Å². The summed E-state index contributed by atoms with van der Waals surface area (Å²) in [4.78, 5) is 0. The third-order valence-electron chi connectivity index (χ3n) is 1.76. The maximum Gasteiger partial charge on any atom is 0.265 e. The second-order valence-corrected chi connectivity index (χ2v) is 2.97. The molecule has 0 aromatic carbocycles. The second-order valence-electron chi connectivity index (χ2n) is 2.97. The van der Waals surface area contributed by atoms with E-state index in [2.05, 4.69) is 18.2 Å². The van der Waals surface area contributed by atoms with Crippen LogP contribution in [-0.4, -0.2) is 6.61 Å². The zero-order valence-corrected chi connectivity index (χ0v) is 7.94. The lowest BCUT2D eigenvalue weighted by molar-refractivity contribution is 0.143. The van der Waals surface area contributed by atoms with Gasteiger partial charge in [-0.05, 0) is 13.0 Å². The summed E-state index contributed by atoms with van der Waals surface area (Å²) in [6.07, 6.45) is 7.15. The van der Waals surface area contributed by atoms with Crippen molar-refractivity contribution in [1.29, 1.82) is 0 Å². The fourth-order valence-corrected chi connectivity index (χ4v) is 1.07. The van der Waals surface area contributed by atoms with Gasteiger partial charge in [-0.15, -0.1) is 0 Å². The van der Waals surface area contributed by atoms with Crippen LogP contribution in [-0.2, 0) is 4.74 Å². The fourth-order valence-electron chi connectivity index (χ4n) is 1.07. The number of unbranched alkanes of at least 4 members (excludes halogenated alkanes) is 5. The van der Waals surface area contributed by atoms with E-state index in [9.17, 15) is 4.39 Å². The summed E-state index contributed by atoms with van der Waals surface area (Å²) in [6.45, 7) is 5.68. The summed E-state index contributed by atoms with van der Waals surface area (Å²) in [5.41, 5.74) is 0. The first-order valence-electron chi connectivity index (χ1n) is 4.74. The minimum atomic E-state index is -0.663. The largest absolute Gasteiger partial charge is 0.471 e. The Balaban J connectivity index is 2.86. The van der Waals surface area contributed by atoms with Crippen molar-refractivity contribution in [1.82, 2.24) is 0 Å². The molecule has 0 fully saturated rings. The Morgan fingerprint density at radius 1 is 1.17 bits per heavy atom. The van der Waals surface area contributed by atoms with Gasteiger partial charge < -0.3 is 4.74 Å². The maximum atomic E-state index is 11.9. The molecule has 0 saturated heterocycles. The topological polar surface area (TPSA) is 9.23 Å². The highest BCUT2D eigenvalue weighted by Crippen LogP contribution is 2.05. The van der Waals surface area contributed by atoms with Crippen LogP contribution in [0.3, 0.4) is 0 Å². The van der Waals surface area contributed by atoms with Crippen LogP contribution in [0.4, 0.5) is 4.39 Å². The molecule has 1 nitrogen and oxygen atoms in total. The van der Waals surface area contributed by atoms with Crippen molar-refractivity contribution in [2.45, 2.75) is 45.4 Å². The van der Waals surface area contributed by atoms with E-state index in [4.69, 9.17) is 0 Å². The van der Waals surface area contributed by atoms with Crippen LogP contribution in [0, 0.1) is 0 Å². The molecule has 0 spiro atoms. The number of halogens is 1. The van der Waals surface area contributed by atoms with E-state index in [-0.39, 0.29) is 0 Å². The number of hydrogen-bond acceptors (Lipinski definition) is 1. The van der Waals surface area contributed by atoms with Gasteiger partial charge in [0.15, 0.2) is 0 Å². The third-order valence-corrected chi connectivity index (χ3v) is 1.76. The molecule has 0 aliphatic heterocycles. The van der Waals surface area contributed by atoms with Gasteiger partial charge in [0.05, 0.1) is 6.61 Å². The zero-order valence-electron chi connectivity index (χ0n) is 7.94. The molecule has 0 bridgehead atoms. The lowest BCUT2D eigenvalue weighted by Crippen LogP contribution is -1.90. The van der Waals surface area contributed by atoms with Gasteiger partial charge >= 0.3 is 0 Å². The van der Waals surface area contributed by atoms with Crippen LogP contribution in [0.25, 0.3) is 0 Å². The first kappa shape index (κ1) is 11.5. The van der Waals surface area contributed by atoms with Gasteiger partial charge in [-0.3, -0.25) is 0 Å². The average Bonchev–Trinajstić information content (AvgIpc) is 2.02. The van der Waals surface area contributed by atoms with Gasteiger partial charge in [0.25, 0.3) is 6.01 Å². The molecule has 0 aliphatic rings. The highest BCUT2D eigenvalue weighted by molar-refractivity contribution is 4.63. The van der Waals surface area contributed by atoms with E-state index in [1.54, 1.807) is 0 Å². The second kappa shape index (κ2) is 8.57. The normalized spacial score (nSPS) is 9.83. The summed E-state index contributed by atoms with van der Waals surface area (Å²) in [7, 11) is 0. The molecule has 0 heterocycles. The van der Waals surface area contributed by atoms with Gasteiger partial charge in [-0.2, -0.15) is 4.39 Å². The Morgan fingerprint density at radius 2 is 1.75 bits per heavy atom. The van der Waals surface area contributed by atoms with Gasteiger partial charge in [0.2, 0.25) is 0 Å². The molecule has 12 heavy (non-hydrogen) atoms. The molecule has 0 radical (unpaired) electrons. The Hall–Kier alpha value is -0.530. The third kappa shape index (κ3) is 9.47. The fraction of sp³-hybridized carbons (Fsp3) is 0.800. The molecule has 72 valence electrons. The number of hydrogen-bond donors (Lipinski definition) is 0. The van der Waals surface area contributed by atoms with Crippen LogP contribution < -0.4 is 0 Å². The minimum absolute atomic E-state index is 0.474. The van der Waals surface area contributed by atoms with Crippen molar-refractivity contribution in [3.8, 4) is 0 Å². The van der Waals surface area contributed by atoms with Crippen molar-refractivity contribution in [2.75, 3.05) is 6.61 Å². The van der Waals surface area contributed by atoms with Crippen LogP contribution in [0.2, 0.25) is 0 Å². The van der Waals surface area contributed by atoms with Gasteiger partial charge in [0.1, 0.15) is 0 Å². The maximum absolute atomic E-state index is 11.9. The highest BCUT2D eigenvalue weighted by Gasteiger charge is 1.91. The Morgan fingerprint density at radius 3 is 2.33 bits per heavy atom. The van der Waals surface area contributed by atoms with Crippen LogP contribution in [0.5, 0.6) is 0 Å². The molecule has 0 aromatic rings. The van der Waals surface area contributed by atoms with Crippen molar-refractivity contribution in [2.24, 2.45) is 0 Å². The quantitative estimate of drug-likeness (QED) is 0.401. The lowest BCUT2D eigenvalue weighted by Gasteiger charge is -2.01. The highest BCUT2D eigenvalue weighted by atomic mass is 19.1.